The maximum Gasteiger partial charge on any atom is 0.262 e. The van der Waals surface area contributed by atoms with Crippen LogP contribution in [0.2, 0.25) is 0 Å². The highest BCUT2D eigenvalue weighted by Crippen LogP contribution is 2.22. The van der Waals surface area contributed by atoms with E-state index in [1.54, 1.807) is 18.2 Å². The van der Waals surface area contributed by atoms with Crippen molar-refractivity contribution < 1.29 is 18.7 Å². The van der Waals surface area contributed by atoms with Crippen molar-refractivity contribution in [2.45, 2.75) is 20.0 Å². The summed E-state index contributed by atoms with van der Waals surface area (Å²) in [5.74, 6) is -0.116. The minimum absolute atomic E-state index is 0.116. The highest BCUT2D eigenvalue weighted by Gasteiger charge is 2.09. The zero-order chi connectivity index (χ0) is 15.9. The predicted molar refractivity (Wildman–Crippen MR) is 82.7 cm³/mol. The molecule has 1 amide bonds. The van der Waals surface area contributed by atoms with Gasteiger partial charge in [0.05, 0.1) is 6.10 Å². The molecule has 0 aliphatic carbocycles. The maximum atomic E-state index is 13.8. The summed E-state index contributed by atoms with van der Waals surface area (Å²) in [5.41, 5.74) is 0.357. The van der Waals surface area contributed by atoms with E-state index in [4.69, 9.17) is 9.47 Å². The molecule has 0 fully saturated rings. The lowest BCUT2D eigenvalue weighted by Gasteiger charge is -2.12. The Hall–Kier alpha value is -2.56. The number of hydrogen-bond donors (Lipinski definition) is 1. The normalized spacial score (nSPS) is 10.4. The van der Waals surface area contributed by atoms with Crippen molar-refractivity contribution in [1.82, 2.24) is 0 Å². The fraction of sp³-hybridized carbons (Fsp3) is 0.235. The van der Waals surface area contributed by atoms with E-state index in [0.29, 0.717) is 11.4 Å². The highest BCUT2D eigenvalue weighted by molar-refractivity contribution is 5.91. The van der Waals surface area contributed by atoms with E-state index in [0.717, 1.165) is 0 Å². The maximum absolute atomic E-state index is 13.8. The summed E-state index contributed by atoms with van der Waals surface area (Å²) in [6, 6.07) is 13.3. The summed E-state index contributed by atoms with van der Waals surface area (Å²) < 4.78 is 24.4. The van der Waals surface area contributed by atoms with Gasteiger partial charge in [-0.15, -0.1) is 0 Å². The third-order valence-corrected chi connectivity index (χ3v) is 2.69. The molecule has 0 saturated carbocycles. The molecule has 0 saturated heterocycles. The van der Waals surface area contributed by atoms with Gasteiger partial charge in [-0.25, -0.2) is 4.39 Å². The van der Waals surface area contributed by atoms with Crippen molar-refractivity contribution in [2.75, 3.05) is 11.9 Å². The van der Waals surface area contributed by atoms with Gasteiger partial charge < -0.3 is 14.8 Å². The van der Waals surface area contributed by atoms with Crippen LogP contribution in [0.15, 0.2) is 48.5 Å². The molecule has 0 atom stereocenters. The van der Waals surface area contributed by atoms with Gasteiger partial charge in [0.25, 0.3) is 5.91 Å². The van der Waals surface area contributed by atoms with E-state index >= 15 is 0 Å². The molecular formula is C17H18FNO3. The monoisotopic (exact) mass is 303 g/mol. The quantitative estimate of drug-likeness (QED) is 0.886. The first-order chi connectivity index (χ1) is 10.5. The van der Waals surface area contributed by atoms with Gasteiger partial charge in [-0.1, -0.05) is 18.2 Å². The van der Waals surface area contributed by atoms with E-state index in [9.17, 15) is 9.18 Å². The van der Waals surface area contributed by atoms with Crippen LogP contribution in [-0.4, -0.2) is 18.6 Å². The zero-order valence-electron chi connectivity index (χ0n) is 12.5. The third-order valence-electron chi connectivity index (χ3n) is 2.69. The molecule has 0 spiro atoms. The Kier molecular flexibility index (Phi) is 5.36. The fourth-order valence-electron chi connectivity index (χ4n) is 1.79. The van der Waals surface area contributed by atoms with E-state index in [2.05, 4.69) is 5.32 Å². The van der Waals surface area contributed by atoms with Gasteiger partial charge in [0, 0.05) is 11.8 Å². The standard InChI is InChI=1S/C17H18FNO3/c1-12(2)22-16-9-8-13(10-15(16)18)19-17(20)11-21-14-6-4-3-5-7-14/h3-10,12H,11H2,1-2H3,(H,19,20). The number of ether oxygens (including phenoxy) is 2. The first-order valence-corrected chi connectivity index (χ1v) is 6.98. The second kappa shape index (κ2) is 7.45. The highest BCUT2D eigenvalue weighted by atomic mass is 19.1. The van der Waals surface area contributed by atoms with Crippen LogP contribution in [0.1, 0.15) is 13.8 Å². The van der Waals surface area contributed by atoms with Crippen LogP contribution in [-0.2, 0) is 4.79 Å². The van der Waals surface area contributed by atoms with Crippen LogP contribution >= 0.6 is 0 Å². The van der Waals surface area contributed by atoms with Crippen LogP contribution < -0.4 is 14.8 Å². The summed E-state index contributed by atoms with van der Waals surface area (Å²) in [5, 5.41) is 2.57. The van der Waals surface area contributed by atoms with Crippen LogP contribution in [0.3, 0.4) is 0 Å². The number of benzene rings is 2. The molecule has 22 heavy (non-hydrogen) atoms. The fourth-order valence-corrected chi connectivity index (χ4v) is 1.79. The predicted octanol–water partition coefficient (Wildman–Crippen LogP) is 3.63. The van der Waals surface area contributed by atoms with Crippen molar-refractivity contribution in [1.29, 1.82) is 0 Å². The number of carbonyl (C=O) groups excluding carboxylic acids is 1. The summed E-state index contributed by atoms with van der Waals surface area (Å²) in [6.07, 6.45) is -0.116. The van der Waals surface area contributed by atoms with Crippen molar-refractivity contribution >= 4 is 11.6 Å². The average Bonchev–Trinajstić information content (AvgIpc) is 2.49. The Morgan fingerprint density at radius 1 is 1.18 bits per heavy atom. The van der Waals surface area contributed by atoms with Gasteiger partial charge in [-0.2, -0.15) is 0 Å². The number of rotatable bonds is 6. The van der Waals surface area contributed by atoms with Gasteiger partial charge in [-0.05, 0) is 38.1 Å². The Morgan fingerprint density at radius 3 is 2.55 bits per heavy atom. The number of anilines is 1. The van der Waals surface area contributed by atoms with Gasteiger partial charge >= 0.3 is 0 Å². The molecule has 2 rings (SSSR count). The lowest BCUT2D eigenvalue weighted by molar-refractivity contribution is -0.118. The lowest BCUT2D eigenvalue weighted by Crippen LogP contribution is -2.20. The topological polar surface area (TPSA) is 47.6 Å². The van der Waals surface area contributed by atoms with Crippen LogP contribution in [0, 0.1) is 5.82 Å². The summed E-state index contributed by atoms with van der Waals surface area (Å²) in [6.45, 7) is 3.49. The Balaban J connectivity index is 1.90. The van der Waals surface area contributed by atoms with E-state index in [1.165, 1.54) is 12.1 Å². The molecular weight excluding hydrogens is 285 g/mol. The second-order valence-corrected chi connectivity index (χ2v) is 4.96. The molecule has 2 aromatic rings. The summed E-state index contributed by atoms with van der Waals surface area (Å²) in [7, 11) is 0. The number of para-hydroxylation sites is 1. The van der Waals surface area contributed by atoms with Gasteiger partial charge in [0.2, 0.25) is 0 Å². The Morgan fingerprint density at radius 2 is 1.91 bits per heavy atom. The first-order valence-electron chi connectivity index (χ1n) is 6.98. The molecule has 0 unspecified atom stereocenters. The van der Waals surface area contributed by atoms with Gasteiger partial charge in [0.15, 0.2) is 18.2 Å². The average molecular weight is 303 g/mol. The van der Waals surface area contributed by atoms with Crippen molar-refractivity contribution in [2.24, 2.45) is 0 Å². The number of hydrogen-bond acceptors (Lipinski definition) is 3. The lowest BCUT2D eigenvalue weighted by atomic mass is 10.3. The van der Waals surface area contributed by atoms with Crippen LogP contribution in [0.25, 0.3) is 0 Å². The van der Waals surface area contributed by atoms with Gasteiger partial charge in [0.1, 0.15) is 5.75 Å². The minimum Gasteiger partial charge on any atom is -0.488 e. The largest absolute Gasteiger partial charge is 0.488 e. The molecule has 0 heterocycles. The van der Waals surface area contributed by atoms with E-state index < -0.39 is 5.82 Å². The number of halogens is 1. The number of carbonyl (C=O) groups is 1. The molecule has 5 heteroatoms. The van der Waals surface area contributed by atoms with Crippen LogP contribution in [0.5, 0.6) is 11.5 Å². The molecule has 2 aromatic carbocycles. The zero-order valence-corrected chi connectivity index (χ0v) is 12.5. The first kappa shape index (κ1) is 15.8. The molecule has 0 aliphatic rings. The number of amides is 1. The van der Waals surface area contributed by atoms with Gasteiger partial charge in [-0.3, -0.25) is 4.79 Å². The third kappa shape index (κ3) is 4.77. The smallest absolute Gasteiger partial charge is 0.262 e. The SMILES string of the molecule is CC(C)Oc1ccc(NC(=O)COc2ccccc2)cc1F. The number of nitrogens with one attached hydrogen (secondary N) is 1. The summed E-state index contributed by atoms with van der Waals surface area (Å²) >= 11 is 0. The van der Waals surface area contributed by atoms with E-state index in [-0.39, 0.29) is 24.4 Å². The minimum atomic E-state index is -0.518. The Labute approximate surface area is 128 Å². The molecule has 0 radical (unpaired) electrons. The van der Waals surface area contributed by atoms with Crippen molar-refractivity contribution in [3.8, 4) is 11.5 Å². The Bertz CT molecular complexity index is 629. The van der Waals surface area contributed by atoms with Crippen molar-refractivity contribution in [3.63, 3.8) is 0 Å². The molecule has 4 nitrogen and oxygen atoms in total. The molecule has 1 N–H and O–H groups in total. The molecule has 0 bridgehead atoms. The second-order valence-electron chi connectivity index (χ2n) is 4.96. The summed E-state index contributed by atoms with van der Waals surface area (Å²) in [4.78, 5) is 11.8. The van der Waals surface area contributed by atoms with Crippen molar-refractivity contribution in [3.05, 3.63) is 54.3 Å². The van der Waals surface area contributed by atoms with E-state index in [1.807, 2.05) is 32.0 Å². The molecule has 0 aromatic heterocycles. The molecule has 0 aliphatic heterocycles. The van der Waals surface area contributed by atoms with Crippen LogP contribution in [0.4, 0.5) is 10.1 Å². The molecule has 116 valence electrons.